The molecule has 1 aliphatic rings. The Kier molecular flexibility index (Phi) is 4.74. The highest BCUT2D eigenvalue weighted by atomic mass is 79.9. The third kappa shape index (κ3) is 3.31. The molecule has 1 fully saturated rings. The maximum atomic E-state index is 12.3. The molecule has 1 amide bonds. The van der Waals surface area contributed by atoms with Crippen LogP contribution in [0.15, 0.2) is 28.7 Å². The molecule has 1 unspecified atom stereocenters. The first-order valence-corrected chi connectivity index (χ1v) is 6.79. The number of ether oxygens (including phenoxy) is 1. The van der Waals surface area contributed by atoms with Gasteiger partial charge in [0.05, 0.1) is 18.8 Å². The first kappa shape index (κ1) is 13.5. The van der Waals surface area contributed by atoms with E-state index in [4.69, 9.17) is 4.74 Å². The molecule has 1 aliphatic heterocycles. The van der Waals surface area contributed by atoms with Gasteiger partial charge in [0.15, 0.2) is 0 Å². The van der Waals surface area contributed by atoms with Gasteiger partial charge in [-0.3, -0.25) is 4.79 Å². The predicted molar refractivity (Wildman–Crippen MR) is 73.7 cm³/mol. The summed E-state index contributed by atoms with van der Waals surface area (Å²) in [6.07, 6.45) is 0. The molecule has 1 heterocycles. The molecule has 1 N–H and O–H groups in total. The van der Waals surface area contributed by atoms with E-state index in [9.17, 15) is 4.79 Å². The second-order valence-electron chi connectivity index (χ2n) is 4.39. The predicted octanol–water partition coefficient (Wildman–Crippen LogP) is 1.51. The number of amides is 1. The van der Waals surface area contributed by atoms with Crippen LogP contribution in [0.3, 0.4) is 0 Å². The molecule has 1 saturated heterocycles. The van der Waals surface area contributed by atoms with Crippen LogP contribution >= 0.6 is 15.9 Å². The van der Waals surface area contributed by atoms with E-state index in [0.29, 0.717) is 18.7 Å². The van der Waals surface area contributed by atoms with Crippen LogP contribution < -0.4 is 5.32 Å². The molecule has 18 heavy (non-hydrogen) atoms. The standard InChI is InChI=1S/C13H17BrN2O2/c1-16(8-10-9-18-7-6-15-10)13(17)11-4-2-3-5-12(11)14/h2-5,10,15H,6-9H2,1H3. The molecule has 0 saturated carbocycles. The average Bonchev–Trinajstić information content (AvgIpc) is 2.39. The molecular formula is C13H17BrN2O2. The van der Waals surface area contributed by atoms with Crippen LogP contribution in [0.4, 0.5) is 0 Å². The molecule has 0 aliphatic carbocycles. The lowest BCUT2D eigenvalue weighted by Crippen LogP contribution is -2.48. The fraction of sp³-hybridized carbons (Fsp3) is 0.462. The van der Waals surface area contributed by atoms with Gasteiger partial charge in [-0.25, -0.2) is 0 Å². The SMILES string of the molecule is CN(CC1COCCN1)C(=O)c1ccccc1Br. The summed E-state index contributed by atoms with van der Waals surface area (Å²) in [7, 11) is 1.82. The lowest BCUT2D eigenvalue weighted by atomic mass is 10.2. The van der Waals surface area contributed by atoms with Crippen molar-refractivity contribution in [2.24, 2.45) is 0 Å². The van der Waals surface area contributed by atoms with Gasteiger partial charge in [-0.15, -0.1) is 0 Å². The van der Waals surface area contributed by atoms with E-state index < -0.39 is 0 Å². The lowest BCUT2D eigenvalue weighted by Gasteiger charge is -2.28. The molecule has 1 aromatic carbocycles. The van der Waals surface area contributed by atoms with E-state index in [1.807, 2.05) is 31.3 Å². The average molecular weight is 313 g/mol. The number of rotatable bonds is 3. The monoisotopic (exact) mass is 312 g/mol. The number of hydrogen-bond acceptors (Lipinski definition) is 3. The van der Waals surface area contributed by atoms with Gasteiger partial charge in [0.2, 0.25) is 0 Å². The van der Waals surface area contributed by atoms with Crippen LogP contribution in [0.2, 0.25) is 0 Å². The number of halogens is 1. The Bertz CT molecular complexity index is 419. The molecular weight excluding hydrogens is 296 g/mol. The Hall–Kier alpha value is -0.910. The topological polar surface area (TPSA) is 41.6 Å². The van der Waals surface area contributed by atoms with Crippen molar-refractivity contribution in [3.8, 4) is 0 Å². The van der Waals surface area contributed by atoms with Crippen molar-refractivity contribution >= 4 is 21.8 Å². The van der Waals surface area contributed by atoms with E-state index in [2.05, 4.69) is 21.2 Å². The fourth-order valence-corrected chi connectivity index (χ4v) is 2.45. The number of likely N-dealkylation sites (N-methyl/N-ethyl adjacent to an activating group) is 1. The van der Waals surface area contributed by atoms with Gasteiger partial charge >= 0.3 is 0 Å². The van der Waals surface area contributed by atoms with Crippen LogP contribution in [0.5, 0.6) is 0 Å². The molecule has 2 rings (SSSR count). The van der Waals surface area contributed by atoms with E-state index in [0.717, 1.165) is 17.6 Å². The molecule has 4 nitrogen and oxygen atoms in total. The summed E-state index contributed by atoms with van der Waals surface area (Å²) in [6, 6.07) is 7.69. The fourth-order valence-electron chi connectivity index (χ4n) is 1.99. The van der Waals surface area contributed by atoms with Crippen molar-refractivity contribution in [1.82, 2.24) is 10.2 Å². The highest BCUT2D eigenvalue weighted by molar-refractivity contribution is 9.10. The normalized spacial score (nSPS) is 19.6. The van der Waals surface area contributed by atoms with E-state index in [1.54, 1.807) is 4.90 Å². The summed E-state index contributed by atoms with van der Waals surface area (Å²) >= 11 is 3.40. The third-order valence-corrected chi connectivity index (χ3v) is 3.64. The zero-order chi connectivity index (χ0) is 13.0. The Morgan fingerprint density at radius 1 is 1.56 bits per heavy atom. The summed E-state index contributed by atoms with van der Waals surface area (Å²) in [6.45, 7) is 2.91. The van der Waals surface area contributed by atoms with Crippen molar-refractivity contribution in [3.05, 3.63) is 34.3 Å². The highest BCUT2D eigenvalue weighted by Crippen LogP contribution is 2.17. The Morgan fingerprint density at radius 3 is 3.00 bits per heavy atom. The number of nitrogens with zero attached hydrogens (tertiary/aromatic N) is 1. The number of nitrogens with one attached hydrogen (secondary N) is 1. The van der Waals surface area contributed by atoms with Crippen molar-refractivity contribution in [1.29, 1.82) is 0 Å². The maximum Gasteiger partial charge on any atom is 0.254 e. The molecule has 98 valence electrons. The molecule has 5 heteroatoms. The second-order valence-corrected chi connectivity index (χ2v) is 5.25. The van der Waals surface area contributed by atoms with Crippen molar-refractivity contribution in [2.75, 3.05) is 33.4 Å². The first-order valence-electron chi connectivity index (χ1n) is 5.99. The van der Waals surface area contributed by atoms with Crippen LogP contribution in [-0.4, -0.2) is 50.2 Å². The van der Waals surface area contributed by atoms with Gasteiger partial charge in [-0.05, 0) is 28.1 Å². The van der Waals surface area contributed by atoms with Crippen LogP contribution in [-0.2, 0) is 4.74 Å². The molecule has 0 spiro atoms. The smallest absolute Gasteiger partial charge is 0.254 e. The minimum absolute atomic E-state index is 0.0230. The minimum Gasteiger partial charge on any atom is -0.378 e. The lowest BCUT2D eigenvalue weighted by molar-refractivity contribution is 0.0565. The maximum absolute atomic E-state index is 12.3. The largest absolute Gasteiger partial charge is 0.378 e. The number of morpholine rings is 1. The zero-order valence-electron chi connectivity index (χ0n) is 10.4. The summed E-state index contributed by atoms with van der Waals surface area (Å²) in [4.78, 5) is 14.0. The van der Waals surface area contributed by atoms with Gasteiger partial charge < -0.3 is 15.0 Å². The number of hydrogen-bond donors (Lipinski definition) is 1. The van der Waals surface area contributed by atoms with Crippen molar-refractivity contribution in [3.63, 3.8) is 0 Å². The Balaban J connectivity index is 1.98. The van der Waals surface area contributed by atoms with Gasteiger partial charge in [-0.2, -0.15) is 0 Å². The quantitative estimate of drug-likeness (QED) is 0.920. The third-order valence-electron chi connectivity index (χ3n) is 2.94. The molecule has 0 bridgehead atoms. The molecule has 1 aromatic rings. The Labute approximate surface area is 115 Å². The van der Waals surface area contributed by atoms with E-state index >= 15 is 0 Å². The number of carbonyl (C=O) groups is 1. The first-order chi connectivity index (χ1) is 8.68. The summed E-state index contributed by atoms with van der Waals surface area (Å²) in [5.74, 6) is 0.0230. The summed E-state index contributed by atoms with van der Waals surface area (Å²) < 4.78 is 6.21. The van der Waals surface area contributed by atoms with Crippen LogP contribution in [0, 0.1) is 0 Å². The van der Waals surface area contributed by atoms with Crippen molar-refractivity contribution in [2.45, 2.75) is 6.04 Å². The summed E-state index contributed by atoms with van der Waals surface area (Å²) in [5, 5.41) is 3.34. The molecule has 1 atom stereocenters. The van der Waals surface area contributed by atoms with Gasteiger partial charge in [0.1, 0.15) is 0 Å². The van der Waals surface area contributed by atoms with E-state index in [1.165, 1.54) is 0 Å². The van der Waals surface area contributed by atoms with Gasteiger partial charge in [0, 0.05) is 30.7 Å². The Morgan fingerprint density at radius 2 is 2.33 bits per heavy atom. The van der Waals surface area contributed by atoms with Gasteiger partial charge in [-0.1, -0.05) is 12.1 Å². The highest BCUT2D eigenvalue weighted by Gasteiger charge is 2.20. The summed E-state index contributed by atoms with van der Waals surface area (Å²) in [5.41, 5.74) is 0.691. The van der Waals surface area contributed by atoms with E-state index in [-0.39, 0.29) is 11.9 Å². The van der Waals surface area contributed by atoms with Crippen LogP contribution in [0.1, 0.15) is 10.4 Å². The minimum atomic E-state index is 0.0230. The number of carbonyl (C=O) groups excluding carboxylic acids is 1. The van der Waals surface area contributed by atoms with Crippen molar-refractivity contribution < 1.29 is 9.53 Å². The second kappa shape index (κ2) is 6.31. The molecule has 0 radical (unpaired) electrons. The molecule has 0 aromatic heterocycles. The van der Waals surface area contributed by atoms with Crippen LogP contribution in [0.25, 0.3) is 0 Å². The number of benzene rings is 1. The van der Waals surface area contributed by atoms with Gasteiger partial charge in [0.25, 0.3) is 5.91 Å². The zero-order valence-corrected chi connectivity index (χ0v) is 11.9.